The second-order valence-electron chi connectivity index (χ2n) is 4.10. The van der Waals surface area contributed by atoms with E-state index in [9.17, 15) is 18.0 Å². The Labute approximate surface area is 119 Å². The molecule has 0 bridgehead atoms. The summed E-state index contributed by atoms with van der Waals surface area (Å²) in [6.45, 7) is 3.61. The van der Waals surface area contributed by atoms with Crippen LogP contribution in [0, 0.1) is 11.8 Å². The molecule has 1 heterocycles. The van der Waals surface area contributed by atoms with Gasteiger partial charge in [0.2, 0.25) is 0 Å². The fourth-order valence-electron chi connectivity index (χ4n) is 1.78. The van der Waals surface area contributed by atoms with E-state index in [1.807, 2.05) is 30.3 Å². The molecule has 0 radical (unpaired) electrons. The van der Waals surface area contributed by atoms with Gasteiger partial charge in [-0.2, -0.15) is 13.2 Å². The Balaban J connectivity index is 2.41. The minimum absolute atomic E-state index is 0.265. The van der Waals surface area contributed by atoms with Gasteiger partial charge in [-0.25, -0.2) is 0 Å². The maximum atomic E-state index is 12.1. The lowest BCUT2D eigenvalue weighted by Gasteiger charge is -2.05. The Morgan fingerprint density at radius 3 is 2.38 bits per heavy atom. The van der Waals surface area contributed by atoms with Crippen molar-refractivity contribution < 1.29 is 18.0 Å². The first-order valence-electron chi connectivity index (χ1n) is 5.96. The molecule has 0 aliphatic carbocycles. The predicted molar refractivity (Wildman–Crippen MR) is 74.2 cm³/mol. The largest absolute Gasteiger partial charge is 0.462 e. The van der Waals surface area contributed by atoms with Crippen LogP contribution in [0.25, 0.3) is 17.5 Å². The van der Waals surface area contributed by atoms with Crippen molar-refractivity contribution in [3.8, 4) is 23.1 Å². The first-order valence-corrected chi connectivity index (χ1v) is 5.96. The van der Waals surface area contributed by atoms with Crippen molar-refractivity contribution in [3.05, 3.63) is 54.7 Å². The lowest BCUT2D eigenvalue weighted by molar-refractivity contribution is -0.164. The molecule has 0 saturated carbocycles. The van der Waals surface area contributed by atoms with Gasteiger partial charge in [-0.3, -0.25) is 4.79 Å². The highest BCUT2D eigenvalue weighted by molar-refractivity contribution is 6.00. The van der Waals surface area contributed by atoms with Gasteiger partial charge in [0.1, 0.15) is 0 Å². The molecule has 0 fully saturated rings. The summed E-state index contributed by atoms with van der Waals surface area (Å²) in [6.07, 6.45) is -3.51. The quantitative estimate of drug-likeness (QED) is 0.772. The number of halogens is 3. The minimum atomic E-state index is -4.94. The first-order chi connectivity index (χ1) is 9.93. The van der Waals surface area contributed by atoms with E-state index in [-0.39, 0.29) is 5.69 Å². The number of carbonyl (C=O) groups excluding carboxylic acids is 1. The standard InChI is InChI=1S/C16H10F3NO/c1-2-20-13(9-11-15(21)16(17,18)19)8-10-14(20)12-6-4-3-5-7-12/h2-8,10H,1H2. The Morgan fingerprint density at radius 2 is 1.81 bits per heavy atom. The number of aromatic nitrogens is 1. The van der Waals surface area contributed by atoms with Crippen LogP contribution in [0.4, 0.5) is 13.2 Å². The van der Waals surface area contributed by atoms with Gasteiger partial charge in [-0.15, -0.1) is 0 Å². The molecule has 5 heteroatoms. The number of benzene rings is 1. The number of hydrogen-bond donors (Lipinski definition) is 0. The summed E-state index contributed by atoms with van der Waals surface area (Å²) in [5, 5.41) is 0. The average Bonchev–Trinajstić information content (AvgIpc) is 2.87. The summed E-state index contributed by atoms with van der Waals surface area (Å²) in [4.78, 5) is 10.8. The number of Topliss-reactive ketones (excluding diaryl/α,β-unsaturated/α-hetero) is 1. The summed E-state index contributed by atoms with van der Waals surface area (Å²) >= 11 is 0. The van der Waals surface area contributed by atoms with Crippen LogP contribution in [-0.4, -0.2) is 16.5 Å². The van der Waals surface area contributed by atoms with Crippen molar-refractivity contribution >= 4 is 12.0 Å². The molecule has 0 spiro atoms. The maximum absolute atomic E-state index is 12.1. The summed E-state index contributed by atoms with van der Waals surface area (Å²) in [6, 6.07) is 12.5. The molecule has 2 rings (SSSR count). The van der Waals surface area contributed by atoms with Crippen molar-refractivity contribution in [2.75, 3.05) is 0 Å². The van der Waals surface area contributed by atoms with Crippen LogP contribution in [0.2, 0.25) is 0 Å². The van der Waals surface area contributed by atoms with Crippen LogP contribution < -0.4 is 0 Å². The van der Waals surface area contributed by atoms with Crippen molar-refractivity contribution in [1.82, 2.24) is 4.57 Å². The smallest absolute Gasteiger partial charge is 0.310 e. The van der Waals surface area contributed by atoms with Crippen LogP contribution in [-0.2, 0) is 4.79 Å². The molecule has 1 aromatic heterocycles. The van der Waals surface area contributed by atoms with E-state index >= 15 is 0 Å². The molecule has 2 nitrogen and oxygen atoms in total. The van der Waals surface area contributed by atoms with Crippen molar-refractivity contribution in [1.29, 1.82) is 0 Å². The van der Waals surface area contributed by atoms with Gasteiger partial charge < -0.3 is 4.57 Å². The molecule has 1 aromatic carbocycles. The van der Waals surface area contributed by atoms with Crippen LogP contribution in [0.3, 0.4) is 0 Å². The molecule has 2 aromatic rings. The maximum Gasteiger partial charge on any atom is 0.462 e. The molecular weight excluding hydrogens is 279 g/mol. The van der Waals surface area contributed by atoms with E-state index in [1.54, 1.807) is 18.1 Å². The van der Waals surface area contributed by atoms with Gasteiger partial charge in [0, 0.05) is 6.20 Å². The number of ketones is 1. The zero-order chi connectivity index (χ0) is 15.5. The summed E-state index contributed by atoms with van der Waals surface area (Å²) in [5.41, 5.74) is 1.86. The molecular formula is C16H10F3NO. The molecule has 0 N–H and O–H groups in total. The fourth-order valence-corrected chi connectivity index (χ4v) is 1.78. The van der Waals surface area contributed by atoms with E-state index in [2.05, 4.69) is 12.5 Å². The highest BCUT2D eigenvalue weighted by atomic mass is 19.4. The van der Waals surface area contributed by atoms with Crippen LogP contribution in [0.5, 0.6) is 0 Å². The third-order valence-corrected chi connectivity index (χ3v) is 2.73. The number of carbonyl (C=O) groups is 1. The molecule has 0 aliphatic rings. The molecule has 0 amide bonds. The Kier molecular flexibility index (Phi) is 3.99. The van der Waals surface area contributed by atoms with Gasteiger partial charge in [-0.05, 0) is 29.5 Å². The molecule has 0 unspecified atom stereocenters. The fraction of sp³-hybridized carbons (Fsp3) is 0.0625. The third-order valence-electron chi connectivity index (χ3n) is 2.73. The Hall–Kier alpha value is -2.74. The van der Waals surface area contributed by atoms with Gasteiger partial charge in [0.25, 0.3) is 0 Å². The van der Waals surface area contributed by atoms with Crippen LogP contribution in [0.1, 0.15) is 5.69 Å². The van der Waals surface area contributed by atoms with Gasteiger partial charge in [0.05, 0.1) is 11.4 Å². The number of hydrogen-bond acceptors (Lipinski definition) is 1. The minimum Gasteiger partial charge on any atom is -0.310 e. The third kappa shape index (κ3) is 3.23. The second kappa shape index (κ2) is 5.71. The first kappa shape index (κ1) is 14.7. The molecule has 0 aliphatic heterocycles. The van der Waals surface area contributed by atoms with Crippen molar-refractivity contribution in [2.24, 2.45) is 0 Å². The average molecular weight is 289 g/mol. The second-order valence-corrected chi connectivity index (χ2v) is 4.10. The van der Waals surface area contributed by atoms with Crippen molar-refractivity contribution in [2.45, 2.75) is 6.18 Å². The molecule has 0 saturated heterocycles. The Bertz CT molecular complexity index is 730. The van der Waals surface area contributed by atoms with Gasteiger partial charge >= 0.3 is 12.0 Å². The van der Waals surface area contributed by atoms with Gasteiger partial charge in [0.15, 0.2) is 0 Å². The zero-order valence-corrected chi connectivity index (χ0v) is 10.8. The number of rotatable bonds is 2. The normalized spacial score (nSPS) is 10.6. The lowest BCUT2D eigenvalue weighted by atomic mass is 10.1. The van der Waals surface area contributed by atoms with Crippen molar-refractivity contribution in [3.63, 3.8) is 0 Å². The highest BCUT2D eigenvalue weighted by Crippen LogP contribution is 2.22. The molecule has 21 heavy (non-hydrogen) atoms. The topological polar surface area (TPSA) is 22.0 Å². The monoisotopic (exact) mass is 289 g/mol. The van der Waals surface area contributed by atoms with Gasteiger partial charge in [-0.1, -0.05) is 36.9 Å². The summed E-state index contributed by atoms with van der Waals surface area (Å²) in [7, 11) is 0. The van der Waals surface area contributed by atoms with E-state index < -0.39 is 12.0 Å². The number of nitrogens with zero attached hydrogens (tertiary/aromatic N) is 1. The number of alkyl halides is 3. The molecule has 106 valence electrons. The highest BCUT2D eigenvalue weighted by Gasteiger charge is 2.37. The zero-order valence-electron chi connectivity index (χ0n) is 10.8. The van der Waals surface area contributed by atoms with E-state index in [4.69, 9.17) is 0 Å². The van der Waals surface area contributed by atoms with Crippen LogP contribution in [0.15, 0.2) is 49.0 Å². The SMILES string of the molecule is C=Cn1c(C#CC(=O)C(F)(F)F)ccc1-c1ccccc1. The lowest BCUT2D eigenvalue weighted by Crippen LogP contribution is -2.20. The van der Waals surface area contributed by atoms with E-state index in [0.29, 0.717) is 0 Å². The predicted octanol–water partition coefficient (Wildman–Crippen LogP) is 3.74. The van der Waals surface area contributed by atoms with E-state index in [1.165, 1.54) is 10.8 Å². The Morgan fingerprint density at radius 1 is 1.14 bits per heavy atom. The summed E-state index contributed by atoms with van der Waals surface area (Å²) < 4.78 is 37.9. The van der Waals surface area contributed by atoms with E-state index in [0.717, 1.165) is 11.3 Å². The van der Waals surface area contributed by atoms with Crippen LogP contribution >= 0.6 is 0 Å². The molecule has 0 atom stereocenters. The summed E-state index contributed by atoms with van der Waals surface area (Å²) in [5.74, 6) is 1.76.